The monoisotopic (exact) mass is 562 g/mol. The van der Waals surface area contributed by atoms with Crippen LogP contribution in [0.5, 0.6) is 0 Å². The summed E-state index contributed by atoms with van der Waals surface area (Å²) in [5, 5.41) is 2.70. The van der Waals surface area contributed by atoms with Gasteiger partial charge in [-0.05, 0) is 79.2 Å². The summed E-state index contributed by atoms with van der Waals surface area (Å²) in [7, 11) is 0. The molecule has 0 unspecified atom stereocenters. The molecule has 7 N–H and O–H groups in total. The third kappa shape index (κ3) is 8.99. The van der Waals surface area contributed by atoms with Crippen molar-refractivity contribution in [2.45, 2.75) is 26.4 Å². The Morgan fingerprint density at radius 2 is 1.10 bits per heavy atom. The Hall–Kier alpha value is -5.06. The summed E-state index contributed by atoms with van der Waals surface area (Å²) in [5.41, 5.74) is 18.2. The summed E-state index contributed by atoms with van der Waals surface area (Å²) >= 11 is 0. The van der Waals surface area contributed by atoms with Crippen LogP contribution in [0.15, 0.2) is 72.8 Å². The highest BCUT2D eigenvalue weighted by Crippen LogP contribution is 2.26. The molecule has 0 bridgehead atoms. The molecule has 3 aromatic rings. The molecule has 0 aliphatic heterocycles. The van der Waals surface area contributed by atoms with Gasteiger partial charge < -0.3 is 36.7 Å². The van der Waals surface area contributed by atoms with E-state index in [1.165, 1.54) is 36.4 Å². The second kappa shape index (κ2) is 13.8. The first-order chi connectivity index (χ1) is 19.5. The maximum atomic E-state index is 13.2. The fourth-order valence-corrected chi connectivity index (χ4v) is 3.64. The van der Waals surface area contributed by atoms with Gasteiger partial charge in [0.25, 0.3) is 5.91 Å². The first-order valence-electron chi connectivity index (χ1n) is 12.9. The molecule has 1 amide bonds. The summed E-state index contributed by atoms with van der Waals surface area (Å²) in [5.74, 6) is -2.49. The van der Waals surface area contributed by atoms with E-state index in [1.54, 1.807) is 50.2 Å². The van der Waals surface area contributed by atoms with Crippen LogP contribution in [0.4, 0.5) is 17.1 Å². The molecule has 41 heavy (non-hydrogen) atoms. The van der Waals surface area contributed by atoms with E-state index in [2.05, 4.69) is 5.32 Å². The van der Waals surface area contributed by atoms with Crippen molar-refractivity contribution in [3.63, 3.8) is 0 Å². The number of nitrogens with two attached hydrogens (primary N) is 3. The highest BCUT2D eigenvalue weighted by Gasteiger charge is 2.40. The molecule has 11 heteroatoms. The van der Waals surface area contributed by atoms with Crippen molar-refractivity contribution in [3.05, 3.63) is 89.5 Å². The second-order valence-corrected chi connectivity index (χ2v) is 10.00. The van der Waals surface area contributed by atoms with Crippen molar-refractivity contribution in [1.82, 2.24) is 5.32 Å². The number of ether oxygens (including phenoxy) is 3. The van der Waals surface area contributed by atoms with Gasteiger partial charge in [-0.2, -0.15) is 0 Å². The van der Waals surface area contributed by atoms with E-state index >= 15 is 0 Å². The van der Waals surface area contributed by atoms with Gasteiger partial charge in [-0.1, -0.05) is 13.8 Å². The predicted octanol–water partition coefficient (Wildman–Crippen LogP) is 3.21. The minimum Gasteiger partial charge on any atom is -0.462 e. The fourth-order valence-electron chi connectivity index (χ4n) is 3.64. The van der Waals surface area contributed by atoms with Crippen molar-refractivity contribution >= 4 is 40.9 Å². The van der Waals surface area contributed by atoms with E-state index in [1.807, 2.05) is 0 Å². The van der Waals surface area contributed by atoms with Gasteiger partial charge in [0.15, 0.2) is 6.10 Å². The van der Waals surface area contributed by atoms with Crippen LogP contribution in [0, 0.1) is 5.41 Å². The average Bonchev–Trinajstić information content (AvgIpc) is 2.95. The van der Waals surface area contributed by atoms with Crippen LogP contribution in [-0.4, -0.2) is 49.7 Å². The Bertz CT molecular complexity index is 1360. The summed E-state index contributed by atoms with van der Waals surface area (Å²) in [6.45, 7) is 3.21. The first-order valence-corrected chi connectivity index (χ1v) is 12.9. The van der Waals surface area contributed by atoms with Gasteiger partial charge in [0, 0.05) is 29.0 Å². The summed E-state index contributed by atoms with van der Waals surface area (Å²) in [6.07, 6.45) is -1.03. The third-order valence-corrected chi connectivity index (χ3v) is 6.04. The number of nitrogen functional groups attached to an aromatic ring is 3. The molecular formula is C30H34N4O7. The zero-order chi connectivity index (χ0) is 30.0. The number of amides is 1. The molecular weight excluding hydrogens is 528 g/mol. The van der Waals surface area contributed by atoms with Gasteiger partial charge >= 0.3 is 17.9 Å². The molecule has 3 aromatic carbocycles. The van der Waals surface area contributed by atoms with Crippen LogP contribution in [0.2, 0.25) is 0 Å². The van der Waals surface area contributed by atoms with Crippen LogP contribution < -0.4 is 22.5 Å². The van der Waals surface area contributed by atoms with E-state index in [4.69, 9.17) is 31.4 Å². The Kier molecular flexibility index (Phi) is 10.3. The van der Waals surface area contributed by atoms with Crippen LogP contribution in [0.25, 0.3) is 0 Å². The van der Waals surface area contributed by atoms with Gasteiger partial charge in [0.05, 0.1) is 23.3 Å². The Balaban J connectivity index is 1.62. The van der Waals surface area contributed by atoms with Crippen molar-refractivity contribution < 1.29 is 33.4 Å². The highest BCUT2D eigenvalue weighted by atomic mass is 16.6. The summed E-state index contributed by atoms with van der Waals surface area (Å²) in [6, 6.07) is 18.5. The number of rotatable bonds is 12. The van der Waals surface area contributed by atoms with Gasteiger partial charge in [-0.15, -0.1) is 0 Å². The Labute approximate surface area is 237 Å². The zero-order valence-electron chi connectivity index (χ0n) is 22.9. The Morgan fingerprint density at radius 3 is 1.56 bits per heavy atom. The number of carbonyl (C=O) groups excluding carboxylic acids is 4. The van der Waals surface area contributed by atoms with E-state index in [0.29, 0.717) is 29.0 Å². The smallest absolute Gasteiger partial charge is 0.338 e. The molecule has 0 saturated carbocycles. The zero-order valence-corrected chi connectivity index (χ0v) is 22.9. The van der Waals surface area contributed by atoms with Gasteiger partial charge in [-0.25, -0.2) is 14.4 Å². The molecule has 1 atom stereocenters. The topological polar surface area (TPSA) is 186 Å². The normalized spacial score (nSPS) is 11.7. The standard InChI is InChI=1S/C30H34N4O7/c1-30(2,18-40-28(37)20-6-12-23(32)13-7-20)25(41-29(38)21-8-14-24(33)15-9-21)26(35)34-16-3-17-39-27(36)19-4-10-22(31)11-5-19/h4-15,25H,3,16-18,31-33H2,1-2H3,(H,34,35)/t25-/m0/s1. The van der Waals surface area contributed by atoms with E-state index < -0.39 is 35.3 Å². The largest absolute Gasteiger partial charge is 0.462 e. The average molecular weight is 563 g/mol. The number of nitrogens with one attached hydrogen (secondary N) is 1. The lowest BCUT2D eigenvalue weighted by molar-refractivity contribution is -0.138. The number of benzene rings is 3. The first kappa shape index (κ1) is 30.5. The van der Waals surface area contributed by atoms with Crippen LogP contribution in [-0.2, 0) is 19.0 Å². The Morgan fingerprint density at radius 1 is 0.683 bits per heavy atom. The van der Waals surface area contributed by atoms with Crippen molar-refractivity contribution in [2.75, 3.05) is 37.0 Å². The van der Waals surface area contributed by atoms with Crippen molar-refractivity contribution in [1.29, 1.82) is 0 Å². The predicted molar refractivity (Wildman–Crippen MR) is 154 cm³/mol. The van der Waals surface area contributed by atoms with Crippen LogP contribution >= 0.6 is 0 Å². The maximum Gasteiger partial charge on any atom is 0.338 e. The van der Waals surface area contributed by atoms with Gasteiger partial charge in [0.2, 0.25) is 0 Å². The minimum absolute atomic E-state index is 0.0436. The third-order valence-electron chi connectivity index (χ3n) is 6.04. The molecule has 0 aliphatic carbocycles. The number of hydrogen-bond donors (Lipinski definition) is 4. The van der Waals surface area contributed by atoms with Crippen LogP contribution in [0.1, 0.15) is 51.3 Å². The number of anilines is 3. The quantitative estimate of drug-likeness (QED) is 0.110. The molecule has 0 aromatic heterocycles. The van der Waals surface area contributed by atoms with E-state index in [-0.39, 0.29) is 30.9 Å². The molecule has 11 nitrogen and oxygen atoms in total. The molecule has 3 rings (SSSR count). The lowest BCUT2D eigenvalue weighted by atomic mass is 9.86. The van der Waals surface area contributed by atoms with Gasteiger partial charge in [0.1, 0.15) is 6.61 Å². The highest BCUT2D eigenvalue weighted by molar-refractivity contribution is 5.93. The lowest BCUT2D eigenvalue weighted by Gasteiger charge is -2.32. The lowest BCUT2D eigenvalue weighted by Crippen LogP contribution is -2.49. The molecule has 0 radical (unpaired) electrons. The second-order valence-electron chi connectivity index (χ2n) is 10.00. The molecule has 0 saturated heterocycles. The van der Waals surface area contributed by atoms with E-state index in [0.717, 1.165) is 0 Å². The molecule has 0 aliphatic rings. The van der Waals surface area contributed by atoms with Crippen molar-refractivity contribution in [2.24, 2.45) is 5.41 Å². The minimum atomic E-state index is -1.33. The SMILES string of the molecule is CC(C)(COC(=O)c1ccc(N)cc1)[C@@H](OC(=O)c1ccc(N)cc1)C(=O)NCCCOC(=O)c1ccc(N)cc1. The van der Waals surface area contributed by atoms with Gasteiger partial charge in [-0.3, -0.25) is 4.79 Å². The molecule has 0 heterocycles. The number of esters is 3. The molecule has 216 valence electrons. The van der Waals surface area contributed by atoms with Crippen molar-refractivity contribution in [3.8, 4) is 0 Å². The summed E-state index contributed by atoms with van der Waals surface area (Å²) < 4.78 is 16.3. The molecule has 0 spiro atoms. The molecule has 0 fully saturated rings. The maximum absolute atomic E-state index is 13.2. The van der Waals surface area contributed by atoms with Crippen LogP contribution in [0.3, 0.4) is 0 Å². The number of hydrogen-bond acceptors (Lipinski definition) is 10. The fraction of sp³-hybridized carbons (Fsp3) is 0.267. The van der Waals surface area contributed by atoms with E-state index in [9.17, 15) is 19.2 Å². The summed E-state index contributed by atoms with van der Waals surface area (Å²) in [4.78, 5) is 50.8. The number of carbonyl (C=O) groups is 4.